The van der Waals surface area contributed by atoms with E-state index in [2.05, 4.69) is 19.7 Å². The highest BCUT2D eigenvalue weighted by Gasteiger charge is 2.10. The molecule has 16 heavy (non-hydrogen) atoms. The summed E-state index contributed by atoms with van der Waals surface area (Å²) in [5.41, 5.74) is -0.322. The molecule has 2 N–H and O–H groups in total. The van der Waals surface area contributed by atoms with Gasteiger partial charge in [-0.1, -0.05) is 0 Å². The van der Waals surface area contributed by atoms with Crippen LogP contribution in [-0.2, 0) is 0 Å². The zero-order valence-electron chi connectivity index (χ0n) is 7.69. The summed E-state index contributed by atoms with van der Waals surface area (Å²) in [6.07, 6.45) is 1.41. The number of nitriles is 1. The van der Waals surface area contributed by atoms with Crippen molar-refractivity contribution >= 4 is 44.9 Å². The molecule has 0 saturated heterocycles. The molecule has 6 nitrogen and oxygen atoms in total. The molecule has 0 atom stereocenters. The highest BCUT2D eigenvalue weighted by molar-refractivity contribution is 14.1. The van der Waals surface area contributed by atoms with E-state index in [-0.39, 0.29) is 5.56 Å². The molecule has 2 aromatic rings. The van der Waals surface area contributed by atoms with Gasteiger partial charge in [-0.15, -0.1) is 0 Å². The predicted octanol–water partition coefficient (Wildman–Crippen LogP) is 1.45. The van der Waals surface area contributed by atoms with E-state index in [0.29, 0.717) is 10.8 Å². The number of halogens is 1. The van der Waals surface area contributed by atoms with Crippen molar-refractivity contribution < 1.29 is 0 Å². The number of anilines is 2. The average Bonchev–Trinajstić information content (AvgIpc) is 2.59. The Kier molecular flexibility index (Phi) is 3.16. The Morgan fingerprint density at radius 2 is 2.38 bits per heavy atom. The summed E-state index contributed by atoms with van der Waals surface area (Å²) >= 11 is 3.12. The van der Waals surface area contributed by atoms with Crippen LogP contribution in [0.3, 0.4) is 0 Å². The third-order valence-electron chi connectivity index (χ3n) is 1.69. The van der Waals surface area contributed by atoms with Gasteiger partial charge in [0.25, 0.3) is 5.56 Å². The standard InChI is InChI=1S/C8H4IN5OS/c9-5-1-6(12-3-11-5)13-8-4(2-10)7(15)14-16-8/h1,3H,(H,14,15)(H,11,12,13). The van der Waals surface area contributed by atoms with Gasteiger partial charge in [-0.05, 0) is 34.1 Å². The molecule has 80 valence electrons. The molecule has 0 aromatic carbocycles. The molecule has 0 amide bonds. The Bertz CT molecular complexity index is 613. The van der Waals surface area contributed by atoms with Gasteiger partial charge in [-0.3, -0.25) is 9.17 Å². The summed E-state index contributed by atoms with van der Waals surface area (Å²) < 4.78 is 3.25. The van der Waals surface area contributed by atoms with E-state index in [4.69, 9.17) is 5.26 Å². The molecule has 0 fully saturated rings. The van der Waals surface area contributed by atoms with E-state index in [1.165, 1.54) is 6.33 Å². The maximum Gasteiger partial charge on any atom is 0.278 e. The van der Waals surface area contributed by atoms with Crippen LogP contribution in [0.25, 0.3) is 0 Å². The smallest absolute Gasteiger partial charge is 0.278 e. The van der Waals surface area contributed by atoms with Crippen LogP contribution in [0.5, 0.6) is 0 Å². The number of aromatic nitrogens is 3. The van der Waals surface area contributed by atoms with Crippen molar-refractivity contribution in [2.75, 3.05) is 5.32 Å². The van der Waals surface area contributed by atoms with Crippen LogP contribution < -0.4 is 10.9 Å². The molecule has 2 rings (SSSR count). The van der Waals surface area contributed by atoms with Crippen LogP contribution in [0.15, 0.2) is 17.2 Å². The summed E-state index contributed by atoms with van der Waals surface area (Å²) in [5.74, 6) is 0.547. The Morgan fingerprint density at radius 1 is 1.56 bits per heavy atom. The molecule has 0 aliphatic carbocycles. The molecule has 2 heterocycles. The van der Waals surface area contributed by atoms with Gasteiger partial charge in [-0.2, -0.15) is 5.26 Å². The summed E-state index contributed by atoms with van der Waals surface area (Å²) in [4.78, 5) is 19.1. The predicted molar refractivity (Wildman–Crippen MR) is 67.7 cm³/mol. The van der Waals surface area contributed by atoms with Crippen LogP contribution in [0.1, 0.15) is 5.56 Å². The van der Waals surface area contributed by atoms with Gasteiger partial charge >= 0.3 is 0 Å². The molecular weight excluding hydrogens is 341 g/mol. The van der Waals surface area contributed by atoms with E-state index in [1.807, 2.05) is 28.7 Å². The summed E-state index contributed by atoms with van der Waals surface area (Å²) in [7, 11) is 0. The fourth-order valence-corrected chi connectivity index (χ4v) is 2.12. The van der Waals surface area contributed by atoms with Crippen LogP contribution in [-0.4, -0.2) is 14.3 Å². The summed E-state index contributed by atoms with van der Waals surface area (Å²) in [6.45, 7) is 0. The Balaban J connectivity index is 2.35. The van der Waals surface area contributed by atoms with Crippen molar-refractivity contribution in [3.8, 4) is 6.07 Å². The van der Waals surface area contributed by atoms with Crippen LogP contribution in [0, 0.1) is 15.0 Å². The molecule has 0 spiro atoms. The maximum absolute atomic E-state index is 11.2. The van der Waals surface area contributed by atoms with Crippen molar-refractivity contribution in [3.63, 3.8) is 0 Å². The lowest BCUT2D eigenvalue weighted by Gasteiger charge is -2.01. The molecule has 0 saturated carbocycles. The number of nitrogens with zero attached hydrogens (tertiary/aromatic N) is 3. The SMILES string of the molecule is N#Cc1c(Nc2cc(I)ncn2)s[nH]c1=O. The van der Waals surface area contributed by atoms with Gasteiger partial charge < -0.3 is 5.32 Å². The number of nitrogens with one attached hydrogen (secondary N) is 2. The average molecular weight is 345 g/mol. The second-order valence-electron chi connectivity index (χ2n) is 2.70. The normalized spacial score (nSPS) is 9.75. The molecule has 0 aliphatic heterocycles. The van der Waals surface area contributed by atoms with Crippen LogP contribution >= 0.6 is 34.1 Å². The number of H-pyrrole nitrogens is 1. The molecule has 2 aromatic heterocycles. The number of aromatic amines is 1. The van der Waals surface area contributed by atoms with Gasteiger partial charge in [0.2, 0.25) is 0 Å². The molecule has 0 unspecified atom stereocenters. The first-order valence-electron chi connectivity index (χ1n) is 4.07. The largest absolute Gasteiger partial charge is 0.329 e. The fourth-order valence-electron chi connectivity index (χ4n) is 1.01. The minimum absolute atomic E-state index is 0.0682. The zero-order valence-corrected chi connectivity index (χ0v) is 10.7. The first-order valence-corrected chi connectivity index (χ1v) is 5.96. The lowest BCUT2D eigenvalue weighted by atomic mass is 10.4. The van der Waals surface area contributed by atoms with Crippen LogP contribution in [0.2, 0.25) is 0 Å². The number of rotatable bonds is 2. The second kappa shape index (κ2) is 4.58. The van der Waals surface area contributed by atoms with Gasteiger partial charge in [0.05, 0.1) is 0 Å². The lowest BCUT2D eigenvalue weighted by molar-refractivity contribution is 1.14. The topological polar surface area (TPSA) is 94.5 Å². The maximum atomic E-state index is 11.2. The number of hydrogen-bond acceptors (Lipinski definition) is 6. The van der Waals surface area contributed by atoms with E-state index in [9.17, 15) is 4.79 Å². The van der Waals surface area contributed by atoms with E-state index >= 15 is 0 Å². The van der Waals surface area contributed by atoms with E-state index < -0.39 is 5.56 Å². The van der Waals surface area contributed by atoms with Crippen molar-refractivity contribution in [2.24, 2.45) is 0 Å². The Labute approximate surface area is 108 Å². The third kappa shape index (κ3) is 2.20. The van der Waals surface area contributed by atoms with Gasteiger partial charge in [0.15, 0.2) is 5.56 Å². The van der Waals surface area contributed by atoms with Crippen molar-refractivity contribution in [2.45, 2.75) is 0 Å². The highest BCUT2D eigenvalue weighted by atomic mass is 127. The third-order valence-corrected chi connectivity index (χ3v) is 3.07. The fraction of sp³-hybridized carbons (Fsp3) is 0. The molecular formula is C8H4IN5OS. The minimum Gasteiger partial charge on any atom is -0.329 e. The van der Waals surface area contributed by atoms with Crippen molar-refractivity contribution in [3.05, 3.63) is 32.0 Å². The quantitative estimate of drug-likeness (QED) is 0.635. The Hall–Kier alpha value is -1.47. The van der Waals surface area contributed by atoms with Crippen LogP contribution in [0.4, 0.5) is 10.8 Å². The first-order chi connectivity index (χ1) is 7.70. The highest BCUT2D eigenvalue weighted by Crippen LogP contribution is 2.20. The van der Waals surface area contributed by atoms with Crippen molar-refractivity contribution in [1.82, 2.24) is 14.3 Å². The first kappa shape index (κ1) is 11.0. The molecule has 0 bridgehead atoms. The van der Waals surface area contributed by atoms with E-state index in [0.717, 1.165) is 15.2 Å². The lowest BCUT2D eigenvalue weighted by Crippen LogP contribution is -2.03. The monoisotopic (exact) mass is 345 g/mol. The zero-order chi connectivity index (χ0) is 11.5. The Morgan fingerprint density at radius 3 is 3.06 bits per heavy atom. The minimum atomic E-state index is -0.390. The molecule has 0 radical (unpaired) electrons. The van der Waals surface area contributed by atoms with Gasteiger partial charge in [0, 0.05) is 6.07 Å². The van der Waals surface area contributed by atoms with Gasteiger partial charge in [0.1, 0.15) is 26.9 Å². The molecule has 8 heteroatoms. The number of hydrogen-bond donors (Lipinski definition) is 2. The second-order valence-corrected chi connectivity index (χ2v) is 4.62. The van der Waals surface area contributed by atoms with E-state index in [1.54, 1.807) is 6.07 Å². The molecule has 0 aliphatic rings. The van der Waals surface area contributed by atoms with Crippen molar-refractivity contribution in [1.29, 1.82) is 5.26 Å². The summed E-state index contributed by atoms with van der Waals surface area (Å²) in [6, 6.07) is 3.55. The summed E-state index contributed by atoms with van der Waals surface area (Å²) in [5, 5.41) is 12.1. The van der Waals surface area contributed by atoms with Gasteiger partial charge in [-0.25, -0.2) is 9.97 Å².